The summed E-state index contributed by atoms with van der Waals surface area (Å²) >= 11 is 0. The van der Waals surface area contributed by atoms with E-state index in [9.17, 15) is 18.0 Å². The van der Waals surface area contributed by atoms with Crippen LogP contribution in [0.3, 0.4) is 0 Å². The molecule has 0 spiro atoms. The van der Waals surface area contributed by atoms with Crippen molar-refractivity contribution in [1.29, 1.82) is 0 Å². The number of anilines is 1. The maximum Gasteiger partial charge on any atom is 0.243 e. The van der Waals surface area contributed by atoms with Crippen LogP contribution in [0.1, 0.15) is 74.1 Å². The van der Waals surface area contributed by atoms with E-state index >= 15 is 0 Å². The summed E-state index contributed by atoms with van der Waals surface area (Å²) in [6, 6.07) is 13.2. The van der Waals surface area contributed by atoms with Crippen LogP contribution < -0.4 is 9.62 Å². The maximum atomic E-state index is 13.6. The van der Waals surface area contributed by atoms with Gasteiger partial charge in [-0.3, -0.25) is 13.9 Å². The predicted molar refractivity (Wildman–Crippen MR) is 154 cm³/mol. The van der Waals surface area contributed by atoms with E-state index in [-0.39, 0.29) is 30.8 Å². The summed E-state index contributed by atoms with van der Waals surface area (Å²) in [5.41, 5.74) is 4.64. The summed E-state index contributed by atoms with van der Waals surface area (Å²) in [6.07, 6.45) is 6.40. The van der Waals surface area contributed by atoms with Gasteiger partial charge in [-0.15, -0.1) is 0 Å². The molecular weight excluding hydrogens is 498 g/mol. The number of hydrogen-bond donors (Lipinski definition) is 1. The van der Waals surface area contributed by atoms with E-state index in [2.05, 4.69) is 5.32 Å². The molecule has 1 atom stereocenters. The molecule has 8 heteroatoms. The van der Waals surface area contributed by atoms with Crippen molar-refractivity contribution in [2.45, 2.75) is 91.3 Å². The number of aryl methyl sites for hydroxylation is 2. The second-order valence-corrected chi connectivity index (χ2v) is 12.5. The highest BCUT2D eigenvalue weighted by molar-refractivity contribution is 7.92. The highest BCUT2D eigenvalue weighted by Crippen LogP contribution is 2.26. The molecule has 0 radical (unpaired) electrons. The largest absolute Gasteiger partial charge is 0.352 e. The van der Waals surface area contributed by atoms with E-state index in [0.29, 0.717) is 25.1 Å². The third-order valence-electron chi connectivity index (χ3n) is 7.56. The molecule has 1 aliphatic rings. The molecule has 208 valence electrons. The predicted octanol–water partition coefficient (Wildman–Crippen LogP) is 5.02. The number of carbonyl (C=O) groups excluding carboxylic acids is 2. The Labute approximate surface area is 228 Å². The molecule has 1 aliphatic carbocycles. The summed E-state index contributed by atoms with van der Waals surface area (Å²) in [4.78, 5) is 28.6. The number of sulfonamides is 1. The minimum Gasteiger partial charge on any atom is -0.352 e. The van der Waals surface area contributed by atoms with Crippen molar-refractivity contribution < 1.29 is 18.0 Å². The summed E-state index contributed by atoms with van der Waals surface area (Å²) in [5, 5.41) is 3.17. The van der Waals surface area contributed by atoms with Crippen LogP contribution in [-0.2, 0) is 26.2 Å². The quantitative estimate of drug-likeness (QED) is 0.409. The van der Waals surface area contributed by atoms with Crippen molar-refractivity contribution in [2.75, 3.05) is 17.1 Å². The number of nitrogens with zero attached hydrogens (tertiary/aromatic N) is 2. The van der Waals surface area contributed by atoms with E-state index < -0.39 is 16.1 Å². The van der Waals surface area contributed by atoms with E-state index in [0.717, 1.165) is 47.9 Å². The lowest BCUT2D eigenvalue weighted by Gasteiger charge is -2.32. The van der Waals surface area contributed by atoms with Crippen LogP contribution in [-0.4, -0.2) is 50.0 Å². The molecule has 3 rings (SSSR count). The van der Waals surface area contributed by atoms with Crippen molar-refractivity contribution in [3.05, 3.63) is 64.7 Å². The van der Waals surface area contributed by atoms with Crippen LogP contribution in [0.25, 0.3) is 0 Å². The molecule has 2 aromatic rings. The van der Waals surface area contributed by atoms with Gasteiger partial charge < -0.3 is 10.2 Å². The smallest absolute Gasteiger partial charge is 0.243 e. The van der Waals surface area contributed by atoms with Gasteiger partial charge in [-0.05, 0) is 69.2 Å². The van der Waals surface area contributed by atoms with Crippen LogP contribution >= 0.6 is 0 Å². The SMILES string of the molecule is CC[C@@H](C(=O)NC1CCCC1)N(Cc1ccc(C)cc1)C(=O)CCCN(c1cccc(C)c1C)S(C)(=O)=O. The van der Waals surface area contributed by atoms with Crippen molar-refractivity contribution in [3.8, 4) is 0 Å². The lowest BCUT2D eigenvalue weighted by Crippen LogP contribution is -2.51. The summed E-state index contributed by atoms with van der Waals surface area (Å²) in [6.45, 7) is 8.33. The molecule has 1 fully saturated rings. The summed E-state index contributed by atoms with van der Waals surface area (Å²) in [5.74, 6) is -0.249. The molecule has 1 N–H and O–H groups in total. The van der Waals surface area contributed by atoms with E-state index in [1.165, 1.54) is 10.6 Å². The number of rotatable bonds is 12. The third-order valence-corrected chi connectivity index (χ3v) is 8.74. The normalized spacial score (nSPS) is 14.8. The average molecular weight is 542 g/mol. The first-order valence-electron chi connectivity index (χ1n) is 13.7. The Kier molecular flexibility index (Phi) is 10.4. The lowest BCUT2D eigenvalue weighted by molar-refractivity contribution is -0.141. The molecular formula is C30H43N3O4S. The van der Waals surface area contributed by atoms with E-state index in [1.807, 2.05) is 64.1 Å². The molecule has 0 aromatic heterocycles. The lowest BCUT2D eigenvalue weighted by atomic mass is 10.1. The third kappa shape index (κ3) is 7.82. The number of amides is 2. The molecule has 1 saturated carbocycles. The van der Waals surface area contributed by atoms with Crippen molar-refractivity contribution in [3.63, 3.8) is 0 Å². The Morgan fingerprint density at radius 3 is 2.29 bits per heavy atom. The van der Waals surface area contributed by atoms with Gasteiger partial charge in [0, 0.05) is 25.6 Å². The van der Waals surface area contributed by atoms with Crippen LogP contribution in [0.5, 0.6) is 0 Å². The number of hydrogen-bond acceptors (Lipinski definition) is 4. The molecule has 38 heavy (non-hydrogen) atoms. The fourth-order valence-corrected chi connectivity index (χ4v) is 6.18. The first kappa shape index (κ1) is 29.7. The molecule has 0 unspecified atom stereocenters. The van der Waals surface area contributed by atoms with Crippen LogP contribution in [0, 0.1) is 20.8 Å². The van der Waals surface area contributed by atoms with Crippen LogP contribution in [0.2, 0.25) is 0 Å². The molecule has 2 aromatic carbocycles. The molecule has 0 saturated heterocycles. The second kappa shape index (κ2) is 13.3. The van der Waals surface area contributed by atoms with Gasteiger partial charge in [-0.2, -0.15) is 0 Å². The van der Waals surface area contributed by atoms with Crippen LogP contribution in [0.4, 0.5) is 5.69 Å². The highest BCUT2D eigenvalue weighted by Gasteiger charge is 2.30. The highest BCUT2D eigenvalue weighted by atomic mass is 32.2. The van der Waals surface area contributed by atoms with E-state index in [4.69, 9.17) is 0 Å². The standard InChI is InChI=1S/C30H43N3O4S/c1-6-27(30(35)31-26-12-7-8-13-26)32(21-25-18-16-22(2)17-19-25)29(34)15-10-20-33(38(5,36)37)28-14-9-11-23(3)24(28)4/h9,11,14,16-19,26-27H,6-8,10,12-13,15,20-21H2,1-5H3,(H,31,35)/t27-/m0/s1. The van der Waals surface area contributed by atoms with Gasteiger partial charge in [-0.1, -0.05) is 61.7 Å². The van der Waals surface area contributed by atoms with Gasteiger partial charge in [0.15, 0.2) is 0 Å². The van der Waals surface area contributed by atoms with Crippen molar-refractivity contribution in [1.82, 2.24) is 10.2 Å². The Morgan fingerprint density at radius 2 is 1.68 bits per heavy atom. The number of nitrogens with one attached hydrogen (secondary N) is 1. The van der Waals surface area contributed by atoms with Gasteiger partial charge in [0.25, 0.3) is 0 Å². The summed E-state index contributed by atoms with van der Waals surface area (Å²) < 4.78 is 26.7. The molecule has 0 aliphatic heterocycles. The summed E-state index contributed by atoms with van der Waals surface area (Å²) in [7, 11) is -3.53. The Balaban J connectivity index is 1.77. The Morgan fingerprint density at radius 1 is 1.03 bits per heavy atom. The number of carbonyl (C=O) groups is 2. The van der Waals surface area contributed by atoms with Gasteiger partial charge in [-0.25, -0.2) is 8.42 Å². The zero-order valence-corrected chi connectivity index (χ0v) is 24.3. The Hall–Kier alpha value is -2.87. The minimum absolute atomic E-state index is 0.104. The Bertz CT molecular complexity index is 1200. The van der Waals surface area contributed by atoms with Gasteiger partial charge in [0.1, 0.15) is 6.04 Å². The van der Waals surface area contributed by atoms with Crippen LogP contribution in [0.15, 0.2) is 42.5 Å². The topological polar surface area (TPSA) is 86.8 Å². The maximum absolute atomic E-state index is 13.6. The van der Waals surface area contributed by atoms with E-state index in [1.54, 1.807) is 11.0 Å². The van der Waals surface area contributed by atoms with Gasteiger partial charge in [0.2, 0.25) is 21.8 Å². The molecule has 0 heterocycles. The second-order valence-electron chi connectivity index (χ2n) is 10.6. The molecule has 0 bridgehead atoms. The minimum atomic E-state index is -3.53. The van der Waals surface area contributed by atoms with Gasteiger partial charge in [0.05, 0.1) is 11.9 Å². The monoisotopic (exact) mass is 541 g/mol. The zero-order chi connectivity index (χ0) is 27.9. The van der Waals surface area contributed by atoms with Gasteiger partial charge >= 0.3 is 0 Å². The average Bonchev–Trinajstić information content (AvgIpc) is 3.37. The first-order chi connectivity index (χ1) is 18.0. The fraction of sp³-hybridized carbons (Fsp3) is 0.533. The fourth-order valence-electron chi connectivity index (χ4n) is 5.17. The van der Waals surface area contributed by atoms with Crippen molar-refractivity contribution in [2.24, 2.45) is 0 Å². The molecule has 2 amide bonds. The first-order valence-corrected chi connectivity index (χ1v) is 15.6. The zero-order valence-electron chi connectivity index (χ0n) is 23.5. The van der Waals surface area contributed by atoms with Crippen molar-refractivity contribution >= 4 is 27.5 Å². The number of benzene rings is 2. The molecule has 7 nitrogen and oxygen atoms in total.